The highest BCUT2D eigenvalue weighted by Crippen LogP contribution is 2.29. The average molecular weight is 313 g/mol. The molecule has 0 aliphatic carbocycles. The van der Waals surface area contributed by atoms with Crippen molar-refractivity contribution in [2.24, 2.45) is 0 Å². The number of nitrogens with two attached hydrogens (primary N) is 1. The number of benzene rings is 1. The molecule has 0 radical (unpaired) electrons. The van der Waals surface area contributed by atoms with Crippen LogP contribution in [0.2, 0.25) is 0 Å². The zero-order valence-corrected chi connectivity index (χ0v) is 15.2. The molecule has 2 N–H and O–H groups in total. The number of unbranched alkanes of at least 4 members (excludes halogenated alkanes) is 1. The van der Waals surface area contributed by atoms with Gasteiger partial charge >= 0.3 is 0 Å². The summed E-state index contributed by atoms with van der Waals surface area (Å²) < 4.78 is 0. The van der Waals surface area contributed by atoms with E-state index < -0.39 is 0 Å². The Balaban J connectivity index is 0. The molecule has 0 saturated carbocycles. The third-order valence-corrected chi connectivity index (χ3v) is 3.04. The summed E-state index contributed by atoms with van der Waals surface area (Å²) in [4.78, 5) is 0. The first-order valence-electron chi connectivity index (χ1n) is 7.96. The Labute approximate surface area is 143 Å². The van der Waals surface area contributed by atoms with Crippen LogP contribution in [0, 0.1) is 11.3 Å². The van der Waals surface area contributed by atoms with Gasteiger partial charge in [0.1, 0.15) is 0 Å². The van der Waals surface area contributed by atoms with Crippen LogP contribution in [0.1, 0.15) is 63.5 Å². The molecule has 1 aromatic carbocycles. The van der Waals surface area contributed by atoms with E-state index in [9.17, 15) is 0 Å². The van der Waals surface area contributed by atoms with E-state index in [0.29, 0.717) is 18.3 Å². The number of rotatable bonds is 5. The van der Waals surface area contributed by atoms with Crippen molar-refractivity contribution in [1.29, 1.82) is 5.26 Å². The van der Waals surface area contributed by atoms with Gasteiger partial charge in [0, 0.05) is 12.1 Å². The van der Waals surface area contributed by atoms with Crippen molar-refractivity contribution in [3.05, 3.63) is 67.3 Å². The van der Waals surface area contributed by atoms with Gasteiger partial charge in [-0.3, -0.25) is 0 Å². The maximum Gasteiger partial charge on any atom is 0.0624 e. The number of nitrogen functional groups attached to an aromatic ring is 1. The molecule has 23 heavy (non-hydrogen) atoms. The van der Waals surface area contributed by atoms with Gasteiger partial charge in [-0.1, -0.05) is 77.3 Å². The summed E-state index contributed by atoms with van der Waals surface area (Å²) in [6, 6.07) is 8.33. The van der Waals surface area contributed by atoms with Crippen LogP contribution in [-0.4, -0.2) is 0 Å². The molecular weight excluding hydrogens is 280 g/mol. The van der Waals surface area contributed by atoms with Crippen molar-refractivity contribution < 1.29 is 0 Å². The molecule has 0 aliphatic rings. The van der Waals surface area contributed by atoms with Crippen LogP contribution in [0.5, 0.6) is 0 Å². The van der Waals surface area contributed by atoms with Gasteiger partial charge in [0.05, 0.1) is 6.07 Å². The predicted octanol–water partition coefficient (Wildman–Crippen LogP) is 6.35. The fraction of sp³-hybridized carbons (Fsp3) is 0.381. The smallest absolute Gasteiger partial charge is 0.0624 e. The quantitative estimate of drug-likeness (QED) is 0.298. The van der Waals surface area contributed by atoms with Crippen molar-refractivity contribution in [2.75, 3.05) is 5.73 Å². The summed E-state index contributed by atoms with van der Waals surface area (Å²) in [6.07, 6.45) is 6.43. The van der Waals surface area contributed by atoms with Gasteiger partial charge in [-0.2, -0.15) is 5.26 Å². The Morgan fingerprint density at radius 3 is 1.70 bits per heavy atom. The lowest BCUT2D eigenvalue weighted by molar-refractivity contribution is 0.840. The summed E-state index contributed by atoms with van der Waals surface area (Å²) >= 11 is 0. The van der Waals surface area contributed by atoms with E-state index in [1.165, 1.54) is 11.1 Å². The van der Waals surface area contributed by atoms with Gasteiger partial charge in [0.15, 0.2) is 0 Å². The summed E-state index contributed by atoms with van der Waals surface area (Å²) in [5.74, 6) is 1.03. The van der Waals surface area contributed by atoms with E-state index in [1.54, 1.807) is 18.2 Å². The molecule has 2 nitrogen and oxygen atoms in total. The van der Waals surface area contributed by atoms with Crippen molar-refractivity contribution in [2.45, 2.75) is 52.4 Å². The zero-order chi connectivity index (χ0) is 18.3. The number of para-hydroxylation sites is 1. The van der Waals surface area contributed by atoms with Crippen LogP contribution in [-0.2, 0) is 0 Å². The van der Waals surface area contributed by atoms with E-state index in [-0.39, 0.29) is 0 Å². The van der Waals surface area contributed by atoms with E-state index in [2.05, 4.69) is 65.6 Å². The molecular formula is C21H32N2. The van der Waals surface area contributed by atoms with Gasteiger partial charge < -0.3 is 5.73 Å². The third-order valence-electron chi connectivity index (χ3n) is 3.04. The number of anilines is 1. The van der Waals surface area contributed by atoms with Gasteiger partial charge in [-0.25, -0.2) is 0 Å². The summed E-state index contributed by atoms with van der Waals surface area (Å²) in [7, 11) is 0. The lowest BCUT2D eigenvalue weighted by atomic mass is 9.93. The van der Waals surface area contributed by atoms with Crippen LogP contribution in [0.4, 0.5) is 5.69 Å². The van der Waals surface area contributed by atoms with Gasteiger partial charge in [-0.15, -0.1) is 6.58 Å². The molecule has 0 heterocycles. The number of allylic oxidation sites excluding steroid dienone is 3. The molecule has 0 aliphatic heterocycles. The number of nitrogens with zero attached hydrogens (tertiary/aromatic N) is 1. The maximum atomic E-state index is 7.90. The number of hydrogen-bond donors (Lipinski definition) is 1. The van der Waals surface area contributed by atoms with Crippen LogP contribution in [0.15, 0.2) is 56.2 Å². The molecule has 0 unspecified atom stereocenters. The van der Waals surface area contributed by atoms with Gasteiger partial charge in [0.2, 0.25) is 0 Å². The summed E-state index contributed by atoms with van der Waals surface area (Å²) in [5.41, 5.74) is 9.60. The fourth-order valence-corrected chi connectivity index (χ4v) is 1.78. The van der Waals surface area contributed by atoms with Crippen LogP contribution in [0.3, 0.4) is 0 Å². The van der Waals surface area contributed by atoms with E-state index in [1.807, 2.05) is 6.07 Å². The van der Waals surface area contributed by atoms with E-state index >= 15 is 0 Å². The van der Waals surface area contributed by atoms with Gasteiger partial charge in [0.25, 0.3) is 0 Å². The Morgan fingerprint density at radius 2 is 1.48 bits per heavy atom. The molecule has 0 saturated heterocycles. The Morgan fingerprint density at radius 1 is 1.04 bits per heavy atom. The van der Waals surface area contributed by atoms with Crippen molar-refractivity contribution in [3.8, 4) is 6.07 Å². The number of nitriles is 1. The molecule has 0 fully saturated rings. The first-order valence-corrected chi connectivity index (χ1v) is 7.96. The second-order valence-electron chi connectivity index (χ2n) is 5.62. The molecule has 0 bridgehead atoms. The molecule has 0 spiro atoms. The minimum absolute atomic E-state index is 0.513. The molecule has 126 valence electrons. The minimum Gasteiger partial charge on any atom is -0.398 e. The highest BCUT2D eigenvalue weighted by molar-refractivity contribution is 5.56. The van der Waals surface area contributed by atoms with Crippen molar-refractivity contribution >= 4 is 5.69 Å². The third kappa shape index (κ3) is 11.0. The minimum atomic E-state index is 0.513. The first-order chi connectivity index (χ1) is 10.9. The van der Waals surface area contributed by atoms with E-state index in [4.69, 9.17) is 11.0 Å². The maximum absolute atomic E-state index is 7.90. The Bertz CT molecular complexity index is 473. The SMILES string of the molecule is C=CC=C.C=CCCC#N.CC(C)c1cccc(C(C)C)c1N. The highest BCUT2D eigenvalue weighted by Gasteiger charge is 2.09. The van der Waals surface area contributed by atoms with Crippen LogP contribution >= 0.6 is 0 Å². The van der Waals surface area contributed by atoms with Crippen molar-refractivity contribution in [1.82, 2.24) is 0 Å². The van der Waals surface area contributed by atoms with Crippen LogP contribution < -0.4 is 5.73 Å². The fourth-order valence-electron chi connectivity index (χ4n) is 1.78. The lowest BCUT2D eigenvalue weighted by Crippen LogP contribution is -2.02. The molecule has 2 heteroatoms. The van der Waals surface area contributed by atoms with Crippen molar-refractivity contribution in [3.63, 3.8) is 0 Å². The molecule has 1 aromatic rings. The molecule has 0 atom stereocenters. The number of hydrogen-bond acceptors (Lipinski definition) is 2. The zero-order valence-electron chi connectivity index (χ0n) is 15.2. The largest absolute Gasteiger partial charge is 0.398 e. The summed E-state index contributed by atoms with van der Waals surface area (Å²) in [5, 5.41) is 7.90. The topological polar surface area (TPSA) is 49.8 Å². The standard InChI is InChI=1S/C12H19N.C5H7N.C4H6/c1-8(2)10-6-5-7-11(9(3)4)12(10)13;1-2-3-4-5-6;1-3-4-2/h5-9H,13H2,1-4H3;2H,1,3-4H2;3-4H,1-2H2. The Kier molecular flexibility index (Phi) is 14.7. The van der Waals surface area contributed by atoms with E-state index in [0.717, 1.165) is 12.1 Å². The Hall–Kier alpha value is -2.27. The predicted molar refractivity (Wildman–Crippen MR) is 104 cm³/mol. The average Bonchev–Trinajstić information content (AvgIpc) is 2.53. The lowest BCUT2D eigenvalue weighted by Gasteiger charge is -2.15. The monoisotopic (exact) mass is 312 g/mol. The second-order valence-corrected chi connectivity index (χ2v) is 5.62. The van der Waals surface area contributed by atoms with Crippen LogP contribution in [0.25, 0.3) is 0 Å². The summed E-state index contributed by atoms with van der Waals surface area (Å²) in [6.45, 7) is 18.9. The molecule has 0 aromatic heterocycles. The molecule has 0 amide bonds. The second kappa shape index (κ2) is 14.7. The first kappa shape index (κ1) is 23.0. The van der Waals surface area contributed by atoms with Gasteiger partial charge in [-0.05, 0) is 29.4 Å². The molecule has 1 rings (SSSR count). The normalized spacial score (nSPS) is 8.91. The highest BCUT2D eigenvalue weighted by atomic mass is 14.6.